The molecule has 32 heavy (non-hydrogen) atoms. The summed E-state index contributed by atoms with van der Waals surface area (Å²) in [7, 11) is 0. The average Bonchev–Trinajstić information content (AvgIpc) is 3.36. The molecule has 1 aliphatic heterocycles. The van der Waals surface area contributed by atoms with Gasteiger partial charge in [-0.1, -0.05) is 36.4 Å². The van der Waals surface area contributed by atoms with Crippen LogP contribution in [0.3, 0.4) is 0 Å². The lowest BCUT2D eigenvalue weighted by atomic mass is 10.1. The molecule has 0 unspecified atom stereocenters. The molecule has 0 aliphatic carbocycles. The number of pyridine rings is 2. The minimum Gasteiger partial charge on any atom is -0.356 e. The summed E-state index contributed by atoms with van der Waals surface area (Å²) in [6, 6.07) is 22.5. The molecule has 3 heterocycles. The summed E-state index contributed by atoms with van der Waals surface area (Å²) in [5.41, 5.74) is 3.14. The highest BCUT2D eigenvalue weighted by Crippen LogP contribution is 2.27. The van der Waals surface area contributed by atoms with Gasteiger partial charge < -0.3 is 14.8 Å². The molecule has 1 N–H and O–H groups in total. The first-order valence-electron chi connectivity index (χ1n) is 10.9. The van der Waals surface area contributed by atoms with E-state index in [1.165, 1.54) is 0 Å². The van der Waals surface area contributed by atoms with E-state index in [0.717, 1.165) is 48.2 Å². The Kier molecular flexibility index (Phi) is 5.42. The predicted octanol–water partition coefficient (Wildman–Crippen LogP) is 4.30. The van der Waals surface area contributed by atoms with Crippen LogP contribution in [0.25, 0.3) is 10.9 Å². The lowest BCUT2D eigenvalue weighted by Crippen LogP contribution is -2.24. The van der Waals surface area contributed by atoms with Crippen molar-refractivity contribution in [3.8, 4) is 0 Å². The van der Waals surface area contributed by atoms with E-state index in [1.807, 2.05) is 60.7 Å². The number of hydrogen-bond acceptors (Lipinski definition) is 4. The fourth-order valence-corrected chi connectivity index (χ4v) is 4.12. The molecule has 2 aromatic carbocycles. The molecule has 160 valence electrons. The third-order valence-corrected chi connectivity index (χ3v) is 5.82. The predicted molar refractivity (Wildman–Crippen MR) is 127 cm³/mol. The van der Waals surface area contributed by atoms with Crippen molar-refractivity contribution in [1.82, 2.24) is 9.55 Å². The van der Waals surface area contributed by atoms with Crippen LogP contribution in [0.1, 0.15) is 28.8 Å². The number of fused-ring (bicyclic) bond motifs is 1. The molecule has 0 radical (unpaired) electrons. The second-order valence-electron chi connectivity index (χ2n) is 8.06. The lowest BCUT2D eigenvalue weighted by Gasteiger charge is -2.20. The van der Waals surface area contributed by atoms with Crippen LogP contribution in [0.2, 0.25) is 0 Å². The third kappa shape index (κ3) is 4.12. The highest BCUT2D eigenvalue weighted by atomic mass is 16.1. The van der Waals surface area contributed by atoms with Gasteiger partial charge in [-0.25, -0.2) is 4.98 Å². The second kappa shape index (κ2) is 8.67. The van der Waals surface area contributed by atoms with Gasteiger partial charge in [-0.05, 0) is 48.7 Å². The van der Waals surface area contributed by atoms with Crippen LogP contribution in [-0.2, 0) is 6.54 Å². The van der Waals surface area contributed by atoms with E-state index in [9.17, 15) is 9.59 Å². The van der Waals surface area contributed by atoms with Crippen molar-refractivity contribution in [1.29, 1.82) is 0 Å². The number of hydrogen-bond donors (Lipinski definition) is 1. The Morgan fingerprint density at radius 2 is 1.69 bits per heavy atom. The SMILES string of the molecule is O=C(Nc1ccc(Cn2ccccc2=O)cc1)c1cc2ccccc2nc1N1CCCC1. The van der Waals surface area contributed by atoms with E-state index in [1.54, 1.807) is 22.9 Å². The second-order valence-corrected chi connectivity index (χ2v) is 8.06. The quantitative estimate of drug-likeness (QED) is 0.519. The van der Waals surface area contributed by atoms with Crippen LogP contribution in [0.4, 0.5) is 11.5 Å². The minimum absolute atomic E-state index is 0.0388. The Morgan fingerprint density at radius 1 is 0.938 bits per heavy atom. The summed E-state index contributed by atoms with van der Waals surface area (Å²) in [6.07, 6.45) is 3.99. The standard InChI is InChI=1S/C26H24N4O2/c31-24-9-3-4-16-30(24)18-19-10-12-21(13-11-19)27-26(32)22-17-20-7-1-2-8-23(20)28-25(22)29-14-5-6-15-29/h1-4,7-13,16-17H,5-6,14-15,18H2,(H,27,32). The number of carbonyl (C=O) groups is 1. The number of carbonyl (C=O) groups excluding carboxylic acids is 1. The Labute approximate surface area is 186 Å². The Morgan fingerprint density at radius 3 is 2.47 bits per heavy atom. The Balaban J connectivity index is 1.39. The summed E-state index contributed by atoms with van der Waals surface area (Å²) in [5.74, 6) is 0.580. The molecule has 1 saturated heterocycles. The molecular weight excluding hydrogens is 400 g/mol. The van der Waals surface area contributed by atoms with Crippen molar-refractivity contribution < 1.29 is 4.79 Å². The molecule has 0 atom stereocenters. The molecule has 0 spiro atoms. The van der Waals surface area contributed by atoms with Crippen LogP contribution in [0, 0.1) is 0 Å². The van der Waals surface area contributed by atoms with Crippen LogP contribution < -0.4 is 15.8 Å². The van der Waals surface area contributed by atoms with Gasteiger partial charge in [-0.2, -0.15) is 0 Å². The van der Waals surface area contributed by atoms with E-state index in [0.29, 0.717) is 17.8 Å². The van der Waals surface area contributed by atoms with Crippen molar-refractivity contribution in [2.45, 2.75) is 19.4 Å². The smallest absolute Gasteiger partial charge is 0.259 e. The number of para-hydroxylation sites is 1. The number of aromatic nitrogens is 2. The molecule has 1 amide bonds. The average molecular weight is 425 g/mol. The van der Waals surface area contributed by atoms with E-state index >= 15 is 0 Å². The Bertz CT molecular complexity index is 1320. The molecule has 4 aromatic rings. The van der Waals surface area contributed by atoms with Crippen LogP contribution in [-0.4, -0.2) is 28.5 Å². The summed E-state index contributed by atoms with van der Waals surface area (Å²) < 4.78 is 1.65. The summed E-state index contributed by atoms with van der Waals surface area (Å²) in [6.45, 7) is 2.32. The molecule has 5 rings (SSSR count). The number of amides is 1. The van der Waals surface area contributed by atoms with Gasteiger partial charge in [0, 0.05) is 36.4 Å². The van der Waals surface area contributed by atoms with E-state index in [2.05, 4.69) is 10.2 Å². The normalized spacial score (nSPS) is 13.4. The molecule has 0 bridgehead atoms. The van der Waals surface area contributed by atoms with Crippen molar-refractivity contribution in [2.75, 3.05) is 23.3 Å². The lowest BCUT2D eigenvalue weighted by molar-refractivity contribution is 0.102. The third-order valence-electron chi connectivity index (χ3n) is 5.82. The molecule has 1 aliphatic rings. The summed E-state index contributed by atoms with van der Waals surface area (Å²) in [5, 5.41) is 3.96. The van der Waals surface area contributed by atoms with E-state index in [4.69, 9.17) is 4.98 Å². The molecular formula is C26H24N4O2. The van der Waals surface area contributed by atoms with Gasteiger partial charge in [0.2, 0.25) is 0 Å². The number of nitrogens with zero attached hydrogens (tertiary/aromatic N) is 3. The first kappa shape index (κ1) is 20.0. The monoisotopic (exact) mass is 424 g/mol. The van der Waals surface area contributed by atoms with Gasteiger partial charge in [-0.15, -0.1) is 0 Å². The summed E-state index contributed by atoms with van der Waals surface area (Å²) in [4.78, 5) is 32.2. The van der Waals surface area contributed by atoms with Crippen molar-refractivity contribution in [3.05, 3.63) is 100 Å². The fourth-order valence-electron chi connectivity index (χ4n) is 4.12. The van der Waals surface area contributed by atoms with Gasteiger partial charge in [0.1, 0.15) is 5.82 Å². The zero-order valence-corrected chi connectivity index (χ0v) is 17.7. The first-order chi connectivity index (χ1) is 15.7. The van der Waals surface area contributed by atoms with Gasteiger partial charge in [-0.3, -0.25) is 9.59 Å². The maximum absolute atomic E-state index is 13.2. The maximum Gasteiger partial charge on any atom is 0.259 e. The topological polar surface area (TPSA) is 67.2 Å². The highest BCUT2D eigenvalue weighted by Gasteiger charge is 2.22. The molecule has 6 nitrogen and oxygen atoms in total. The van der Waals surface area contributed by atoms with Gasteiger partial charge in [0.15, 0.2) is 0 Å². The van der Waals surface area contributed by atoms with E-state index < -0.39 is 0 Å². The zero-order valence-electron chi connectivity index (χ0n) is 17.7. The number of nitrogens with one attached hydrogen (secondary N) is 1. The minimum atomic E-state index is -0.169. The van der Waals surface area contributed by atoms with Gasteiger partial charge in [0.25, 0.3) is 11.5 Å². The van der Waals surface area contributed by atoms with Crippen molar-refractivity contribution in [2.24, 2.45) is 0 Å². The van der Waals surface area contributed by atoms with Crippen LogP contribution in [0.15, 0.2) is 83.8 Å². The number of benzene rings is 2. The van der Waals surface area contributed by atoms with Crippen molar-refractivity contribution in [3.63, 3.8) is 0 Å². The highest BCUT2D eigenvalue weighted by molar-refractivity contribution is 6.09. The number of anilines is 2. The zero-order chi connectivity index (χ0) is 21.9. The van der Waals surface area contributed by atoms with Crippen LogP contribution >= 0.6 is 0 Å². The largest absolute Gasteiger partial charge is 0.356 e. The Hall–Kier alpha value is -3.93. The number of rotatable bonds is 5. The molecule has 2 aromatic heterocycles. The molecule has 6 heteroatoms. The first-order valence-corrected chi connectivity index (χ1v) is 10.9. The fraction of sp³-hybridized carbons (Fsp3) is 0.192. The molecule has 1 fully saturated rings. The van der Waals surface area contributed by atoms with Gasteiger partial charge >= 0.3 is 0 Å². The molecule has 0 saturated carbocycles. The maximum atomic E-state index is 13.2. The van der Waals surface area contributed by atoms with Crippen molar-refractivity contribution >= 4 is 28.3 Å². The van der Waals surface area contributed by atoms with E-state index in [-0.39, 0.29) is 11.5 Å². The van der Waals surface area contributed by atoms with Crippen LogP contribution in [0.5, 0.6) is 0 Å². The van der Waals surface area contributed by atoms with Gasteiger partial charge in [0.05, 0.1) is 17.6 Å². The summed E-state index contributed by atoms with van der Waals surface area (Å²) >= 11 is 0.